The zero-order valence-electron chi connectivity index (χ0n) is 8.06. The normalized spacial score (nSPS) is 23.1. The molecular formula is C8H13F3N2O. The Balaban J connectivity index is 2.68. The number of hydrogen-bond acceptors (Lipinski definition) is 1. The molecule has 0 bridgehead atoms. The number of amides is 2. The number of nitrogens with zero attached hydrogens (tertiary/aromatic N) is 1. The minimum absolute atomic E-state index is 0.0244. The maximum Gasteiger partial charge on any atom is 0.406 e. The van der Waals surface area contributed by atoms with E-state index in [1.54, 1.807) is 13.8 Å². The number of carbonyl (C=O) groups excluding carboxylic acids is 1. The molecule has 1 atom stereocenters. The molecule has 3 nitrogen and oxygen atoms in total. The van der Waals surface area contributed by atoms with Crippen molar-refractivity contribution in [2.24, 2.45) is 5.92 Å². The molecule has 0 radical (unpaired) electrons. The Kier molecular flexibility index (Phi) is 2.92. The fourth-order valence-corrected chi connectivity index (χ4v) is 1.53. The summed E-state index contributed by atoms with van der Waals surface area (Å²) in [6.07, 6.45) is -4.32. The van der Waals surface area contributed by atoms with Crippen molar-refractivity contribution in [2.75, 3.05) is 13.1 Å². The number of alkyl halides is 3. The molecule has 1 rings (SSSR count). The smallest absolute Gasteiger partial charge is 0.336 e. The van der Waals surface area contributed by atoms with E-state index in [1.165, 1.54) is 0 Å². The number of carbonyl (C=O) groups is 1. The van der Waals surface area contributed by atoms with Crippen LogP contribution in [0.5, 0.6) is 0 Å². The van der Waals surface area contributed by atoms with Crippen molar-refractivity contribution < 1.29 is 18.0 Å². The molecule has 1 saturated heterocycles. The third-order valence-electron chi connectivity index (χ3n) is 2.24. The van der Waals surface area contributed by atoms with Crippen LogP contribution in [0.3, 0.4) is 0 Å². The van der Waals surface area contributed by atoms with Gasteiger partial charge in [0.1, 0.15) is 6.54 Å². The van der Waals surface area contributed by atoms with Crippen molar-refractivity contribution in [3.63, 3.8) is 0 Å². The van der Waals surface area contributed by atoms with Crippen molar-refractivity contribution in [3.05, 3.63) is 0 Å². The Labute approximate surface area is 80.3 Å². The third kappa shape index (κ3) is 2.52. The van der Waals surface area contributed by atoms with Crippen LogP contribution >= 0.6 is 0 Å². The van der Waals surface area contributed by atoms with Gasteiger partial charge in [0.15, 0.2) is 0 Å². The first-order valence-corrected chi connectivity index (χ1v) is 4.42. The molecule has 0 spiro atoms. The van der Waals surface area contributed by atoms with Crippen LogP contribution in [0.15, 0.2) is 0 Å². The first kappa shape index (κ1) is 11.1. The quantitative estimate of drug-likeness (QED) is 0.737. The molecular weight excluding hydrogens is 197 g/mol. The molecule has 1 heterocycles. The second kappa shape index (κ2) is 3.67. The summed E-state index contributed by atoms with van der Waals surface area (Å²) in [4.78, 5) is 11.9. The molecule has 0 aromatic carbocycles. The highest BCUT2D eigenvalue weighted by Crippen LogP contribution is 2.22. The van der Waals surface area contributed by atoms with Gasteiger partial charge in [-0.3, -0.25) is 0 Å². The highest BCUT2D eigenvalue weighted by molar-refractivity contribution is 5.77. The SMILES string of the molecule is CC(C)C1CNC(=O)N1CC(F)(F)F. The monoisotopic (exact) mass is 210 g/mol. The lowest BCUT2D eigenvalue weighted by molar-refractivity contribution is -0.142. The third-order valence-corrected chi connectivity index (χ3v) is 2.24. The van der Waals surface area contributed by atoms with E-state index >= 15 is 0 Å². The Hall–Kier alpha value is -0.940. The summed E-state index contributed by atoms with van der Waals surface area (Å²) in [6.45, 7) is 2.73. The highest BCUT2D eigenvalue weighted by atomic mass is 19.4. The van der Waals surface area contributed by atoms with E-state index in [0.29, 0.717) is 6.54 Å². The van der Waals surface area contributed by atoms with Gasteiger partial charge in [0, 0.05) is 6.54 Å². The van der Waals surface area contributed by atoms with Crippen LogP contribution in [0.4, 0.5) is 18.0 Å². The van der Waals surface area contributed by atoms with Gasteiger partial charge in [-0.15, -0.1) is 0 Å². The molecule has 82 valence electrons. The standard InChI is InChI=1S/C8H13F3N2O/c1-5(2)6-3-12-7(14)13(6)4-8(9,10)11/h5-6H,3-4H2,1-2H3,(H,12,14). The largest absolute Gasteiger partial charge is 0.406 e. The molecule has 6 heteroatoms. The van der Waals surface area contributed by atoms with Gasteiger partial charge in [0.05, 0.1) is 6.04 Å². The minimum atomic E-state index is -4.32. The van der Waals surface area contributed by atoms with E-state index in [4.69, 9.17) is 0 Å². The highest BCUT2D eigenvalue weighted by Gasteiger charge is 2.40. The van der Waals surface area contributed by atoms with E-state index in [9.17, 15) is 18.0 Å². The zero-order chi connectivity index (χ0) is 10.9. The maximum atomic E-state index is 12.1. The molecule has 0 saturated carbocycles. The lowest BCUT2D eigenvalue weighted by Crippen LogP contribution is -2.43. The molecule has 0 aromatic rings. The van der Waals surface area contributed by atoms with Gasteiger partial charge in [0.2, 0.25) is 0 Å². The number of nitrogens with one attached hydrogen (secondary N) is 1. The van der Waals surface area contributed by atoms with Crippen molar-refractivity contribution in [2.45, 2.75) is 26.1 Å². The van der Waals surface area contributed by atoms with Gasteiger partial charge in [-0.25, -0.2) is 4.79 Å². The van der Waals surface area contributed by atoms with Crippen molar-refractivity contribution in [3.8, 4) is 0 Å². The van der Waals surface area contributed by atoms with E-state index in [1.807, 2.05) is 0 Å². The predicted molar refractivity (Wildman–Crippen MR) is 44.8 cm³/mol. The van der Waals surface area contributed by atoms with Crippen LogP contribution < -0.4 is 5.32 Å². The Morgan fingerprint density at radius 2 is 2.14 bits per heavy atom. The van der Waals surface area contributed by atoms with Crippen molar-refractivity contribution in [1.29, 1.82) is 0 Å². The van der Waals surface area contributed by atoms with Crippen LogP contribution in [0.25, 0.3) is 0 Å². The van der Waals surface area contributed by atoms with E-state index in [0.717, 1.165) is 4.90 Å². The fraction of sp³-hybridized carbons (Fsp3) is 0.875. The summed E-state index contributed by atoms with van der Waals surface area (Å²) < 4.78 is 36.3. The topological polar surface area (TPSA) is 32.3 Å². The van der Waals surface area contributed by atoms with Gasteiger partial charge in [-0.1, -0.05) is 13.8 Å². The van der Waals surface area contributed by atoms with E-state index in [2.05, 4.69) is 5.32 Å². The van der Waals surface area contributed by atoms with Crippen LogP contribution in [0, 0.1) is 5.92 Å². The second-order valence-electron chi connectivity index (χ2n) is 3.74. The van der Waals surface area contributed by atoms with Crippen LogP contribution in [-0.4, -0.2) is 36.2 Å². The summed E-state index contributed by atoms with van der Waals surface area (Å²) >= 11 is 0. The Morgan fingerprint density at radius 1 is 1.57 bits per heavy atom. The summed E-state index contributed by atoms with van der Waals surface area (Å²) in [6, 6.07) is -0.981. The molecule has 1 aliphatic rings. The van der Waals surface area contributed by atoms with Crippen molar-refractivity contribution in [1.82, 2.24) is 10.2 Å². The average molecular weight is 210 g/mol. The number of urea groups is 1. The van der Waals surface area contributed by atoms with Crippen LogP contribution in [-0.2, 0) is 0 Å². The van der Waals surface area contributed by atoms with Crippen molar-refractivity contribution >= 4 is 6.03 Å². The summed E-state index contributed by atoms with van der Waals surface area (Å²) in [5.41, 5.74) is 0. The Bertz CT molecular complexity index is 227. The lowest BCUT2D eigenvalue weighted by Gasteiger charge is -2.26. The zero-order valence-corrected chi connectivity index (χ0v) is 8.06. The van der Waals surface area contributed by atoms with E-state index < -0.39 is 18.8 Å². The van der Waals surface area contributed by atoms with Crippen LogP contribution in [0.1, 0.15) is 13.8 Å². The Morgan fingerprint density at radius 3 is 2.57 bits per heavy atom. The minimum Gasteiger partial charge on any atom is -0.336 e. The van der Waals surface area contributed by atoms with Gasteiger partial charge in [-0.2, -0.15) is 13.2 Å². The molecule has 1 aliphatic heterocycles. The number of halogens is 3. The number of hydrogen-bond donors (Lipinski definition) is 1. The molecule has 2 amide bonds. The predicted octanol–water partition coefficient (Wildman–Crippen LogP) is 1.60. The van der Waals surface area contributed by atoms with Crippen LogP contribution in [0.2, 0.25) is 0 Å². The average Bonchev–Trinajstić information content (AvgIpc) is 2.29. The second-order valence-corrected chi connectivity index (χ2v) is 3.74. The molecule has 1 N–H and O–H groups in total. The van der Waals surface area contributed by atoms with Gasteiger partial charge in [-0.05, 0) is 5.92 Å². The van der Waals surface area contributed by atoms with Gasteiger partial charge in [0.25, 0.3) is 0 Å². The van der Waals surface area contributed by atoms with Gasteiger partial charge >= 0.3 is 12.2 Å². The first-order chi connectivity index (χ1) is 6.31. The molecule has 1 unspecified atom stereocenters. The summed E-state index contributed by atoms with van der Waals surface area (Å²) in [7, 11) is 0. The molecule has 1 fully saturated rings. The lowest BCUT2D eigenvalue weighted by atomic mass is 10.0. The summed E-state index contributed by atoms with van der Waals surface area (Å²) in [5, 5.41) is 2.41. The molecule has 0 aliphatic carbocycles. The molecule has 0 aromatic heterocycles. The summed E-state index contributed by atoms with van der Waals surface area (Å²) in [5.74, 6) is 0.0244. The molecule has 14 heavy (non-hydrogen) atoms. The number of rotatable bonds is 2. The van der Waals surface area contributed by atoms with E-state index in [-0.39, 0.29) is 12.0 Å². The fourth-order valence-electron chi connectivity index (χ4n) is 1.53. The maximum absolute atomic E-state index is 12.1. The van der Waals surface area contributed by atoms with Gasteiger partial charge < -0.3 is 10.2 Å². The first-order valence-electron chi connectivity index (χ1n) is 4.42.